The summed E-state index contributed by atoms with van der Waals surface area (Å²) >= 11 is 14.9. The number of carbonyl (C=O) groups is 1. The third-order valence-corrected chi connectivity index (χ3v) is 5.71. The summed E-state index contributed by atoms with van der Waals surface area (Å²) in [5, 5.41) is 10.2. The smallest absolute Gasteiger partial charge is 0.330 e. The highest BCUT2D eigenvalue weighted by Crippen LogP contribution is 2.28. The van der Waals surface area contributed by atoms with Crippen LogP contribution in [-0.2, 0) is 24.3 Å². The average molecular weight is 486 g/mol. The Labute approximate surface area is 178 Å². The molecule has 1 aromatic heterocycles. The molecule has 3 aromatic rings. The van der Waals surface area contributed by atoms with Gasteiger partial charge < -0.3 is 5.11 Å². The van der Waals surface area contributed by atoms with E-state index in [2.05, 4.69) is 15.9 Å². The van der Waals surface area contributed by atoms with E-state index in [-0.39, 0.29) is 11.2 Å². The van der Waals surface area contributed by atoms with Crippen LogP contribution in [0.15, 0.2) is 39.6 Å². The predicted octanol–water partition coefficient (Wildman–Crippen LogP) is 4.78. The van der Waals surface area contributed by atoms with Crippen LogP contribution < -0.4 is 5.69 Å². The van der Waals surface area contributed by atoms with Crippen molar-refractivity contribution < 1.29 is 14.3 Å². The average Bonchev–Trinajstić information content (AvgIpc) is 2.63. The van der Waals surface area contributed by atoms with E-state index in [0.717, 1.165) is 4.57 Å². The van der Waals surface area contributed by atoms with Gasteiger partial charge in [0.05, 0.1) is 12.1 Å². The zero-order valence-electron chi connectivity index (χ0n) is 14.7. The van der Waals surface area contributed by atoms with Crippen LogP contribution in [0.4, 0.5) is 4.39 Å². The fourth-order valence-corrected chi connectivity index (χ4v) is 4.13. The molecule has 2 aromatic carbocycles. The summed E-state index contributed by atoms with van der Waals surface area (Å²) in [6.45, 7) is 1.22. The quantitative estimate of drug-likeness (QED) is 0.528. The highest BCUT2D eigenvalue weighted by atomic mass is 79.9. The lowest BCUT2D eigenvalue weighted by Crippen LogP contribution is -2.34. The standard InChI is InChI=1S/C19H15BrClFN2O3S/c1-2-12-13(21)5-6-15-17(12)18(28)24(9-16(25)26)19(27)23(15)8-10-3-4-11(20)7-14(10)22/h3-7H,2,8-9H2,1H3,(H,25,26). The fourth-order valence-electron chi connectivity index (χ4n) is 3.14. The van der Waals surface area contributed by atoms with Crippen molar-refractivity contribution in [2.24, 2.45) is 0 Å². The molecule has 1 heterocycles. The molecule has 0 radical (unpaired) electrons. The molecule has 0 bridgehead atoms. The Bertz CT molecular complexity index is 1220. The van der Waals surface area contributed by atoms with Gasteiger partial charge in [0.2, 0.25) is 0 Å². The van der Waals surface area contributed by atoms with Crippen molar-refractivity contribution in [2.45, 2.75) is 26.4 Å². The number of nitrogens with zero attached hydrogens (tertiary/aromatic N) is 2. The van der Waals surface area contributed by atoms with Gasteiger partial charge in [-0.1, -0.05) is 52.7 Å². The first-order chi connectivity index (χ1) is 13.2. The molecule has 3 rings (SSSR count). The van der Waals surface area contributed by atoms with Crippen LogP contribution in [0.2, 0.25) is 5.02 Å². The maximum atomic E-state index is 14.4. The van der Waals surface area contributed by atoms with E-state index in [1.807, 2.05) is 6.92 Å². The first-order valence-corrected chi connectivity index (χ1v) is 9.93. The number of hydrogen-bond donors (Lipinski definition) is 1. The number of carboxylic acid groups (broad SMARTS) is 1. The van der Waals surface area contributed by atoms with Gasteiger partial charge in [-0.05, 0) is 36.2 Å². The van der Waals surface area contributed by atoms with Crippen LogP contribution in [0, 0.1) is 10.5 Å². The summed E-state index contributed by atoms with van der Waals surface area (Å²) in [6, 6.07) is 7.86. The Morgan fingerprint density at radius 2 is 2.00 bits per heavy atom. The van der Waals surface area contributed by atoms with Crippen molar-refractivity contribution in [2.75, 3.05) is 0 Å². The molecule has 1 N–H and O–H groups in total. The summed E-state index contributed by atoms with van der Waals surface area (Å²) < 4.78 is 17.4. The molecular weight excluding hydrogens is 471 g/mol. The molecule has 0 unspecified atom stereocenters. The number of halogens is 3. The fraction of sp³-hybridized carbons (Fsp3) is 0.211. The van der Waals surface area contributed by atoms with Crippen molar-refractivity contribution in [3.05, 3.63) is 71.9 Å². The lowest BCUT2D eigenvalue weighted by atomic mass is 10.1. The van der Waals surface area contributed by atoms with Crippen molar-refractivity contribution in [3.8, 4) is 0 Å². The first-order valence-electron chi connectivity index (χ1n) is 8.35. The summed E-state index contributed by atoms with van der Waals surface area (Å²) in [4.78, 5) is 24.3. The van der Waals surface area contributed by atoms with Gasteiger partial charge >= 0.3 is 11.7 Å². The molecule has 28 heavy (non-hydrogen) atoms. The van der Waals surface area contributed by atoms with Gasteiger partial charge in [0.1, 0.15) is 17.0 Å². The normalized spacial score (nSPS) is 11.1. The molecule has 0 spiro atoms. The molecule has 0 aliphatic rings. The highest BCUT2D eigenvalue weighted by Gasteiger charge is 2.18. The Hall–Kier alpha value is -2.03. The summed E-state index contributed by atoms with van der Waals surface area (Å²) in [7, 11) is 0. The second-order valence-corrected chi connectivity index (χ2v) is 7.87. The minimum Gasteiger partial charge on any atom is -0.480 e. The summed E-state index contributed by atoms with van der Waals surface area (Å²) in [5.41, 5.74) is 0.874. The van der Waals surface area contributed by atoms with E-state index in [1.165, 1.54) is 10.6 Å². The Balaban J connectivity index is 2.39. The van der Waals surface area contributed by atoms with Crippen molar-refractivity contribution >= 4 is 56.6 Å². The van der Waals surface area contributed by atoms with Crippen molar-refractivity contribution in [1.29, 1.82) is 0 Å². The van der Waals surface area contributed by atoms with Crippen LogP contribution in [0.5, 0.6) is 0 Å². The molecule has 0 saturated heterocycles. The van der Waals surface area contributed by atoms with Crippen molar-refractivity contribution in [3.63, 3.8) is 0 Å². The molecule has 0 aliphatic heterocycles. The topological polar surface area (TPSA) is 64.2 Å². The first kappa shape index (κ1) is 20.7. The van der Waals surface area contributed by atoms with Gasteiger partial charge in [0, 0.05) is 20.4 Å². The van der Waals surface area contributed by atoms with Gasteiger partial charge in [-0.25, -0.2) is 9.18 Å². The largest absolute Gasteiger partial charge is 0.480 e. The minimum absolute atomic E-state index is 0.0749. The van der Waals surface area contributed by atoms with E-state index < -0.39 is 24.0 Å². The number of aromatic nitrogens is 2. The second kappa shape index (κ2) is 8.14. The molecule has 146 valence electrons. The molecule has 0 saturated carbocycles. The van der Waals surface area contributed by atoms with E-state index in [0.29, 0.717) is 37.9 Å². The zero-order valence-corrected chi connectivity index (χ0v) is 17.9. The lowest BCUT2D eigenvalue weighted by Gasteiger charge is -2.17. The minimum atomic E-state index is -1.20. The van der Waals surface area contributed by atoms with Crippen LogP contribution >= 0.6 is 39.7 Å². The number of carboxylic acids is 1. The second-order valence-electron chi connectivity index (χ2n) is 6.16. The Kier molecular flexibility index (Phi) is 6.02. The number of hydrogen-bond acceptors (Lipinski definition) is 3. The molecular formula is C19H15BrClFN2O3S. The molecule has 0 atom stereocenters. The zero-order chi connectivity index (χ0) is 20.6. The number of benzene rings is 2. The summed E-state index contributed by atoms with van der Waals surface area (Å²) in [5.74, 6) is -1.68. The van der Waals surface area contributed by atoms with Gasteiger partial charge in [-0.2, -0.15) is 0 Å². The number of rotatable bonds is 5. The maximum absolute atomic E-state index is 14.4. The van der Waals surface area contributed by atoms with Gasteiger partial charge in [-0.15, -0.1) is 0 Å². The number of fused-ring (bicyclic) bond motifs is 1. The number of aryl methyl sites for hydroxylation is 1. The third-order valence-electron chi connectivity index (χ3n) is 4.44. The van der Waals surface area contributed by atoms with Gasteiger partial charge in [0.25, 0.3) is 0 Å². The maximum Gasteiger partial charge on any atom is 0.330 e. The van der Waals surface area contributed by atoms with E-state index >= 15 is 0 Å². The molecule has 0 fully saturated rings. The molecule has 9 heteroatoms. The van der Waals surface area contributed by atoms with Crippen LogP contribution in [0.25, 0.3) is 10.9 Å². The van der Waals surface area contributed by atoms with Crippen LogP contribution in [0.3, 0.4) is 0 Å². The van der Waals surface area contributed by atoms with E-state index in [4.69, 9.17) is 23.8 Å². The molecule has 5 nitrogen and oxygen atoms in total. The van der Waals surface area contributed by atoms with Crippen LogP contribution in [-0.4, -0.2) is 20.2 Å². The van der Waals surface area contributed by atoms with E-state index in [1.54, 1.807) is 24.3 Å². The van der Waals surface area contributed by atoms with E-state index in [9.17, 15) is 19.1 Å². The Morgan fingerprint density at radius 1 is 1.29 bits per heavy atom. The molecule has 0 aliphatic carbocycles. The molecule has 0 amide bonds. The van der Waals surface area contributed by atoms with Gasteiger partial charge in [-0.3, -0.25) is 13.9 Å². The lowest BCUT2D eigenvalue weighted by molar-refractivity contribution is -0.137. The summed E-state index contributed by atoms with van der Waals surface area (Å²) in [6.07, 6.45) is 0.539. The monoisotopic (exact) mass is 484 g/mol. The third kappa shape index (κ3) is 3.76. The SMILES string of the molecule is CCc1c(Cl)ccc2c1c(=S)n(CC(=O)O)c(=O)n2Cc1ccc(Br)cc1F. The van der Waals surface area contributed by atoms with Crippen LogP contribution in [0.1, 0.15) is 18.1 Å². The highest BCUT2D eigenvalue weighted by molar-refractivity contribution is 9.10. The number of aliphatic carboxylic acids is 1. The van der Waals surface area contributed by atoms with Crippen molar-refractivity contribution in [1.82, 2.24) is 9.13 Å². The Morgan fingerprint density at radius 3 is 2.61 bits per heavy atom. The predicted molar refractivity (Wildman–Crippen MR) is 112 cm³/mol. The van der Waals surface area contributed by atoms with Gasteiger partial charge in [0.15, 0.2) is 0 Å².